The summed E-state index contributed by atoms with van der Waals surface area (Å²) in [5.41, 5.74) is 2.67. The Bertz CT molecular complexity index is 984. The Kier molecular flexibility index (Phi) is 5.22. The second kappa shape index (κ2) is 7.57. The minimum atomic E-state index is -0.446. The van der Waals surface area contributed by atoms with Gasteiger partial charge >= 0.3 is 5.97 Å². The lowest BCUT2D eigenvalue weighted by Crippen LogP contribution is -2.05. The number of thioether (sulfide) groups is 1. The first-order valence-electron chi connectivity index (χ1n) is 8.02. The van der Waals surface area contributed by atoms with E-state index in [1.54, 1.807) is 35.8 Å². The van der Waals surface area contributed by atoms with E-state index in [2.05, 4.69) is 5.10 Å². The first-order chi connectivity index (χ1) is 12.5. The van der Waals surface area contributed by atoms with Gasteiger partial charge in [-0.2, -0.15) is 5.10 Å². The standard InChI is InChI=1S/C18H17N3O4S/c1-3-25-18(22)16-15-10-12(2)8-9-20(15)19-17(16)26-11-13-6-4-5-7-14(13)21(23)24/h4-10H,3,11H2,1-2H3. The van der Waals surface area contributed by atoms with Crippen LogP contribution in [-0.4, -0.2) is 27.1 Å². The highest BCUT2D eigenvalue weighted by molar-refractivity contribution is 7.98. The van der Waals surface area contributed by atoms with Crippen LogP contribution in [0.4, 0.5) is 5.69 Å². The van der Waals surface area contributed by atoms with Crippen molar-refractivity contribution in [3.63, 3.8) is 0 Å². The zero-order valence-electron chi connectivity index (χ0n) is 14.3. The summed E-state index contributed by atoms with van der Waals surface area (Å²) in [7, 11) is 0. The summed E-state index contributed by atoms with van der Waals surface area (Å²) >= 11 is 1.28. The van der Waals surface area contributed by atoms with Gasteiger partial charge in [-0.25, -0.2) is 9.31 Å². The molecule has 0 spiro atoms. The van der Waals surface area contributed by atoms with E-state index < -0.39 is 10.9 Å². The number of nitrogens with zero attached hydrogens (tertiary/aromatic N) is 3. The Balaban J connectivity index is 1.98. The summed E-state index contributed by atoms with van der Waals surface area (Å²) in [6, 6.07) is 10.3. The van der Waals surface area contributed by atoms with E-state index in [-0.39, 0.29) is 12.3 Å². The average Bonchev–Trinajstić information content (AvgIpc) is 2.97. The van der Waals surface area contributed by atoms with Crippen molar-refractivity contribution in [2.75, 3.05) is 6.61 Å². The Hall–Kier alpha value is -2.87. The number of pyridine rings is 1. The number of carbonyl (C=O) groups is 1. The molecule has 0 radical (unpaired) electrons. The van der Waals surface area contributed by atoms with E-state index >= 15 is 0 Å². The third-order valence-corrected chi connectivity index (χ3v) is 4.81. The number of aromatic nitrogens is 2. The molecule has 0 aliphatic heterocycles. The molecule has 7 nitrogen and oxygen atoms in total. The highest BCUT2D eigenvalue weighted by Crippen LogP contribution is 2.31. The Labute approximate surface area is 154 Å². The molecule has 26 heavy (non-hydrogen) atoms. The van der Waals surface area contributed by atoms with Gasteiger partial charge in [-0.1, -0.05) is 30.0 Å². The maximum Gasteiger partial charge on any atom is 0.343 e. The lowest BCUT2D eigenvalue weighted by Gasteiger charge is -2.04. The van der Waals surface area contributed by atoms with Gasteiger partial charge in [-0.05, 0) is 31.5 Å². The van der Waals surface area contributed by atoms with Gasteiger partial charge in [-0.15, -0.1) is 0 Å². The number of ether oxygens (including phenoxy) is 1. The van der Waals surface area contributed by atoms with E-state index in [0.29, 0.717) is 27.4 Å². The number of para-hydroxylation sites is 1. The monoisotopic (exact) mass is 371 g/mol. The molecule has 0 fully saturated rings. The molecule has 0 aliphatic rings. The number of carbonyl (C=O) groups excluding carboxylic acids is 1. The van der Waals surface area contributed by atoms with Crippen molar-refractivity contribution in [2.45, 2.75) is 24.6 Å². The topological polar surface area (TPSA) is 86.7 Å². The lowest BCUT2D eigenvalue weighted by molar-refractivity contribution is -0.385. The molecule has 0 N–H and O–H groups in total. The second-order valence-corrected chi connectivity index (χ2v) is 6.57. The molecule has 2 aromatic heterocycles. The summed E-state index contributed by atoms with van der Waals surface area (Å²) in [5, 5.41) is 16.1. The quantitative estimate of drug-likeness (QED) is 0.281. The number of fused-ring (bicyclic) bond motifs is 1. The fourth-order valence-electron chi connectivity index (χ4n) is 2.58. The first kappa shape index (κ1) is 17.9. The van der Waals surface area contributed by atoms with Crippen molar-refractivity contribution >= 4 is 28.9 Å². The number of nitro groups is 1. The third-order valence-electron chi connectivity index (χ3n) is 3.79. The molecular weight excluding hydrogens is 354 g/mol. The summed E-state index contributed by atoms with van der Waals surface area (Å²) in [5.74, 6) is -0.120. The molecule has 0 saturated carbocycles. The summed E-state index contributed by atoms with van der Waals surface area (Å²) in [4.78, 5) is 23.2. The Morgan fingerprint density at radius 2 is 2.12 bits per heavy atom. The van der Waals surface area contributed by atoms with Crippen LogP contribution in [0.25, 0.3) is 5.52 Å². The van der Waals surface area contributed by atoms with E-state index in [9.17, 15) is 14.9 Å². The first-order valence-corrected chi connectivity index (χ1v) is 9.01. The van der Waals surface area contributed by atoms with Gasteiger partial charge in [0.2, 0.25) is 0 Å². The second-order valence-electron chi connectivity index (χ2n) is 5.61. The summed E-state index contributed by atoms with van der Waals surface area (Å²) < 4.78 is 6.80. The van der Waals surface area contributed by atoms with Gasteiger partial charge in [0.15, 0.2) is 0 Å². The summed E-state index contributed by atoms with van der Waals surface area (Å²) in [6.07, 6.45) is 1.78. The van der Waals surface area contributed by atoms with Crippen LogP contribution < -0.4 is 0 Å². The maximum absolute atomic E-state index is 12.4. The largest absolute Gasteiger partial charge is 0.462 e. The van der Waals surface area contributed by atoms with Crippen molar-refractivity contribution in [1.29, 1.82) is 0 Å². The van der Waals surface area contributed by atoms with Crippen LogP contribution in [-0.2, 0) is 10.5 Å². The number of aryl methyl sites for hydroxylation is 1. The smallest absolute Gasteiger partial charge is 0.343 e. The molecular formula is C18H17N3O4S. The highest BCUT2D eigenvalue weighted by Gasteiger charge is 2.22. The van der Waals surface area contributed by atoms with Crippen molar-refractivity contribution in [1.82, 2.24) is 9.61 Å². The maximum atomic E-state index is 12.4. The third kappa shape index (κ3) is 3.55. The molecule has 8 heteroatoms. The molecule has 0 saturated heterocycles. The minimum absolute atomic E-state index is 0.0530. The Morgan fingerprint density at radius 1 is 1.35 bits per heavy atom. The molecule has 0 amide bonds. The van der Waals surface area contributed by atoms with Crippen LogP contribution in [0.5, 0.6) is 0 Å². The van der Waals surface area contributed by atoms with Crippen LogP contribution in [0.15, 0.2) is 47.6 Å². The van der Waals surface area contributed by atoms with Gasteiger partial charge in [0.25, 0.3) is 5.69 Å². The van der Waals surface area contributed by atoms with Crippen molar-refractivity contribution in [2.24, 2.45) is 0 Å². The molecule has 2 heterocycles. The van der Waals surface area contributed by atoms with Crippen LogP contribution >= 0.6 is 11.8 Å². The predicted molar refractivity (Wildman–Crippen MR) is 98.5 cm³/mol. The molecule has 1 aromatic carbocycles. The van der Waals surface area contributed by atoms with Gasteiger partial charge in [-0.3, -0.25) is 10.1 Å². The molecule has 3 aromatic rings. The predicted octanol–water partition coefficient (Wildman–Crippen LogP) is 4.02. The van der Waals surface area contributed by atoms with Gasteiger partial charge < -0.3 is 4.74 Å². The molecule has 0 unspecified atom stereocenters. The number of hydrogen-bond acceptors (Lipinski definition) is 6. The number of benzene rings is 1. The number of nitro benzene ring substituents is 1. The van der Waals surface area contributed by atoms with Gasteiger partial charge in [0, 0.05) is 23.6 Å². The number of esters is 1. The normalized spacial score (nSPS) is 10.8. The van der Waals surface area contributed by atoms with Crippen LogP contribution in [0.1, 0.15) is 28.4 Å². The lowest BCUT2D eigenvalue weighted by atomic mass is 10.2. The van der Waals surface area contributed by atoms with Crippen molar-refractivity contribution in [3.8, 4) is 0 Å². The Morgan fingerprint density at radius 3 is 2.85 bits per heavy atom. The average molecular weight is 371 g/mol. The zero-order valence-corrected chi connectivity index (χ0v) is 15.2. The van der Waals surface area contributed by atoms with Crippen LogP contribution in [0.2, 0.25) is 0 Å². The number of rotatable bonds is 6. The van der Waals surface area contributed by atoms with Crippen LogP contribution in [0.3, 0.4) is 0 Å². The molecule has 0 aliphatic carbocycles. The molecule has 134 valence electrons. The van der Waals surface area contributed by atoms with E-state index in [1.165, 1.54) is 17.8 Å². The fraction of sp³-hybridized carbons (Fsp3) is 0.222. The van der Waals surface area contributed by atoms with Crippen molar-refractivity contribution < 1.29 is 14.5 Å². The fourth-order valence-corrected chi connectivity index (χ4v) is 3.60. The van der Waals surface area contributed by atoms with Crippen LogP contribution in [0, 0.1) is 17.0 Å². The van der Waals surface area contributed by atoms with Gasteiger partial charge in [0.05, 0.1) is 17.0 Å². The molecule has 0 atom stereocenters. The zero-order chi connectivity index (χ0) is 18.7. The van der Waals surface area contributed by atoms with E-state index in [0.717, 1.165) is 5.56 Å². The summed E-state index contributed by atoms with van der Waals surface area (Å²) in [6.45, 7) is 3.94. The van der Waals surface area contributed by atoms with Crippen molar-refractivity contribution in [3.05, 3.63) is 69.4 Å². The van der Waals surface area contributed by atoms with Gasteiger partial charge in [0.1, 0.15) is 10.6 Å². The van der Waals surface area contributed by atoms with E-state index in [4.69, 9.17) is 4.74 Å². The number of hydrogen-bond donors (Lipinski definition) is 0. The SMILES string of the molecule is CCOC(=O)c1c(SCc2ccccc2[N+](=O)[O-])nn2ccc(C)cc12. The van der Waals surface area contributed by atoms with E-state index in [1.807, 2.05) is 19.1 Å². The molecule has 0 bridgehead atoms. The molecule has 3 rings (SSSR count). The minimum Gasteiger partial charge on any atom is -0.462 e. The highest BCUT2D eigenvalue weighted by atomic mass is 32.2.